The molecule has 0 fully saturated rings. The van der Waals surface area contributed by atoms with Gasteiger partial charge in [-0.25, -0.2) is 17.7 Å². The lowest BCUT2D eigenvalue weighted by Crippen LogP contribution is -2.34. The Morgan fingerprint density at radius 1 is 1.33 bits per heavy atom. The average Bonchev–Trinajstić information content (AvgIpc) is 2.46. The van der Waals surface area contributed by atoms with Crippen LogP contribution in [0.25, 0.3) is 0 Å². The minimum Gasteiger partial charge on any atom is -0.373 e. The SMILES string of the molecule is CCc1cc(C(=O)NCCS(=O)(=O)N(C)C)cc(NC)n1. The Kier molecular flexibility index (Phi) is 6.10. The summed E-state index contributed by atoms with van der Waals surface area (Å²) >= 11 is 0. The summed E-state index contributed by atoms with van der Waals surface area (Å²) in [6, 6.07) is 3.34. The molecule has 0 aliphatic rings. The number of sulfonamides is 1. The highest BCUT2D eigenvalue weighted by Crippen LogP contribution is 2.10. The molecule has 0 bridgehead atoms. The van der Waals surface area contributed by atoms with Gasteiger partial charge in [0.25, 0.3) is 5.91 Å². The first-order valence-corrected chi connectivity index (χ1v) is 8.28. The zero-order valence-electron chi connectivity index (χ0n) is 12.8. The predicted octanol–water partition coefficient (Wildman–Crippen LogP) is 0.307. The molecule has 0 aromatic carbocycles. The molecule has 0 atom stereocenters. The molecule has 1 heterocycles. The van der Waals surface area contributed by atoms with Crippen LogP contribution in [-0.4, -0.2) is 57.1 Å². The Labute approximate surface area is 125 Å². The van der Waals surface area contributed by atoms with Gasteiger partial charge in [0.05, 0.1) is 5.75 Å². The smallest absolute Gasteiger partial charge is 0.251 e. The summed E-state index contributed by atoms with van der Waals surface area (Å²) in [5.41, 5.74) is 1.27. The van der Waals surface area contributed by atoms with Gasteiger partial charge in [0.1, 0.15) is 5.82 Å². The Balaban J connectivity index is 2.72. The van der Waals surface area contributed by atoms with Crippen LogP contribution < -0.4 is 10.6 Å². The Morgan fingerprint density at radius 3 is 2.52 bits per heavy atom. The van der Waals surface area contributed by atoms with Gasteiger partial charge in [-0.3, -0.25) is 4.79 Å². The van der Waals surface area contributed by atoms with E-state index < -0.39 is 10.0 Å². The van der Waals surface area contributed by atoms with Crippen molar-refractivity contribution in [3.8, 4) is 0 Å². The molecule has 0 saturated heterocycles. The topological polar surface area (TPSA) is 91.4 Å². The first-order valence-electron chi connectivity index (χ1n) is 6.67. The fraction of sp³-hybridized carbons (Fsp3) is 0.538. The highest BCUT2D eigenvalue weighted by molar-refractivity contribution is 7.89. The number of aromatic nitrogens is 1. The van der Waals surface area contributed by atoms with E-state index in [9.17, 15) is 13.2 Å². The van der Waals surface area contributed by atoms with E-state index in [1.165, 1.54) is 14.1 Å². The lowest BCUT2D eigenvalue weighted by Gasteiger charge is -2.12. The van der Waals surface area contributed by atoms with Crippen molar-refractivity contribution in [2.24, 2.45) is 0 Å². The summed E-state index contributed by atoms with van der Waals surface area (Å²) in [7, 11) is 1.35. The van der Waals surface area contributed by atoms with Crippen LogP contribution in [0.15, 0.2) is 12.1 Å². The predicted molar refractivity (Wildman–Crippen MR) is 83.0 cm³/mol. The van der Waals surface area contributed by atoms with Crippen molar-refractivity contribution in [2.75, 3.05) is 38.8 Å². The standard InChI is InChI=1S/C13H22N4O3S/c1-5-11-8-10(9-12(14-2)16-11)13(18)15-6-7-21(19,20)17(3)4/h8-9H,5-7H2,1-4H3,(H,14,16)(H,15,18). The van der Waals surface area contributed by atoms with Gasteiger partial charge in [-0.15, -0.1) is 0 Å². The maximum atomic E-state index is 12.1. The van der Waals surface area contributed by atoms with E-state index in [2.05, 4.69) is 15.6 Å². The quantitative estimate of drug-likeness (QED) is 0.755. The third kappa shape index (κ3) is 4.98. The van der Waals surface area contributed by atoms with Crippen LogP contribution in [0.2, 0.25) is 0 Å². The van der Waals surface area contributed by atoms with Crippen LogP contribution >= 0.6 is 0 Å². The second kappa shape index (κ2) is 7.37. The fourth-order valence-corrected chi connectivity index (χ4v) is 2.33. The van der Waals surface area contributed by atoms with Crippen molar-refractivity contribution in [1.82, 2.24) is 14.6 Å². The van der Waals surface area contributed by atoms with Gasteiger partial charge in [-0.2, -0.15) is 0 Å². The molecular weight excluding hydrogens is 292 g/mol. The number of pyridine rings is 1. The highest BCUT2D eigenvalue weighted by atomic mass is 32.2. The van der Waals surface area contributed by atoms with Crippen LogP contribution in [0.5, 0.6) is 0 Å². The largest absolute Gasteiger partial charge is 0.373 e. The molecule has 1 aromatic rings. The van der Waals surface area contributed by atoms with Crippen molar-refractivity contribution in [3.63, 3.8) is 0 Å². The number of nitrogens with zero attached hydrogens (tertiary/aromatic N) is 2. The maximum Gasteiger partial charge on any atom is 0.251 e. The van der Waals surface area contributed by atoms with Crippen molar-refractivity contribution < 1.29 is 13.2 Å². The summed E-state index contributed by atoms with van der Waals surface area (Å²) in [5, 5.41) is 5.51. The highest BCUT2D eigenvalue weighted by Gasteiger charge is 2.14. The number of anilines is 1. The third-order valence-corrected chi connectivity index (χ3v) is 4.79. The number of amides is 1. The molecule has 1 amide bonds. The van der Waals surface area contributed by atoms with E-state index in [0.717, 1.165) is 10.00 Å². The number of hydrogen-bond acceptors (Lipinski definition) is 5. The van der Waals surface area contributed by atoms with E-state index in [4.69, 9.17) is 0 Å². The molecule has 0 spiro atoms. The lowest BCUT2D eigenvalue weighted by molar-refractivity contribution is 0.0956. The van der Waals surface area contributed by atoms with E-state index in [0.29, 0.717) is 17.8 Å². The van der Waals surface area contributed by atoms with Crippen LogP contribution in [-0.2, 0) is 16.4 Å². The molecule has 0 aliphatic heterocycles. The zero-order valence-corrected chi connectivity index (χ0v) is 13.6. The molecule has 2 N–H and O–H groups in total. The molecule has 0 saturated carbocycles. The number of carbonyl (C=O) groups excluding carboxylic acids is 1. The fourth-order valence-electron chi connectivity index (χ4n) is 1.61. The Bertz CT molecular complexity index is 577. The minimum absolute atomic E-state index is 0.0675. The minimum atomic E-state index is -3.31. The number of aryl methyl sites for hydroxylation is 1. The normalized spacial score (nSPS) is 11.5. The Hall–Kier alpha value is -1.67. The molecule has 118 valence electrons. The second-order valence-corrected chi connectivity index (χ2v) is 6.99. The van der Waals surface area contributed by atoms with E-state index in [1.54, 1.807) is 19.2 Å². The number of rotatable bonds is 7. The summed E-state index contributed by atoms with van der Waals surface area (Å²) in [6.45, 7) is 2.02. The van der Waals surface area contributed by atoms with Gasteiger partial charge < -0.3 is 10.6 Å². The summed E-state index contributed by atoms with van der Waals surface area (Å²) in [4.78, 5) is 16.4. The zero-order chi connectivity index (χ0) is 16.0. The van der Waals surface area contributed by atoms with Crippen molar-refractivity contribution in [3.05, 3.63) is 23.4 Å². The van der Waals surface area contributed by atoms with E-state index in [1.807, 2.05) is 6.92 Å². The molecule has 0 radical (unpaired) electrons. The van der Waals surface area contributed by atoms with Gasteiger partial charge in [0.2, 0.25) is 10.0 Å². The molecule has 0 aliphatic carbocycles. The summed E-state index contributed by atoms with van der Waals surface area (Å²) in [5.74, 6) is 0.175. The van der Waals surface area contributed by atoms with Gasteiger partial charge in [-0.05, 0) is 18.6 Å². The van der Waals surface area contributed by atoms with Crippen LogP contribution in [0.4, 0.5) is 5.82 Å². The molecule has 1 aromatic heterocycles. The van der Waals surface area contributed by atoms with Crippen molar-refractivity contribution in [2.45, 2.75) is 13.3 Å². The van der Waals surface area contributed by atoms with Crippen LogP contribution in [0.3, 0.4) is 0 Å². The Morgan fingerprint density at radius 2 is 2.00 bits per heavy atom. The van der Waals surface area contributed by atoms with Crippen LogP contribution in [0, 0.1) is 0 Å². The second-order valence-electron chi connectivity index (χ2n) is 4.69. The first kappa shape index (κ1) is 17.4. The number of hydrogen-bond donors (Lipinski definition) is 2. The monoisotopic (exact) mass is 314 g/mol. The lowest BCUT2D eigenvalue weighted by atomic mass is 10.2. The van der Waals surface area contributed by atoms with Gasteiger partial charge >= 0.3 is 0 Å². The number of carbonyl (C=O) groups is 1. The average molecular weight is 314 g/mol. The first-order chi connectivity index (χ1) is 9.80. The van der Waals surface area contributed by atoms with Gasteiger partial charge in [0, 0.05) is 38.9 Å². The number of nitrogens with one attached hydrogen (secondary N) is 2. The van der Waals surface area contributed by atoms with Crippen LogP contribution in [0.1, 0.15) is 23.0 Å². The van der Waals surface area contributed by atoms with Gasteiger partial charge in [-0.1, -0.05) is 6.92 Å². The molecule has 8 heteroatoms. The molecule has 1 rings (SSSR count). The summed E-state index contributed by atoms with van der Waals surface area (Å²) in [6.07, 6.45) is 0.713. The van der Waals surface area contributed by atoms with Crippen molar-refractivity contribution >= 4 is 21.7 Å². The van der Waals surface area contributed by atoms with E-state index in [-0.39, 0.29) is 18.2 Å². The molecular formula is C13H22N4O3S. The van der Waals surface area contributed by atoms with E-state index >= 15 is 0 Å². The summed E-state index contributed by atoms with van der Waals surface area (Å²) < 4.78 is 24.3. The van der Waals surface area contributed by atoms with Gasteiger partial charge in [0.15, 0.2) is 0 Å². The molecule has 7 nitrogen and oxygen atoms in total. The van der Waals surface area contributed by atoms with Crippen molar-refractivity contribution in [1.29, 1.82) is 0 Å². The third-order valence-electron chi connectivity index (χ3n) is 2.96. The molecule has 21 heavy (non-hydrogen) atoms. The maximum absolute atomic E-state index is 12.1. The molecule has 0 unspecified atom stereocenters.